The van der Waals surface area contributed by atoms with Crippen LogP contribution in [0.25, 0.3) is 11.1 Å². The molecule has 1 fully saturated rings. The lowest BCUT2D eigenvalue weighted by molar-refractivity contribution is -0.123. The van der Waals surface area contributed by atoms with E-state index in [4.69, 9.17) is 14.2 Å². The lowest BCUT2D eigenvalue weighted by Gasteiger charge is -2.27. The predicted octanol–water partition coefficient (Wildman–Crippen LogP) is 5.53. The van der Waals surface area contributed by atoms with E-state index in [0.29, 0.717) is 41.3 Å². The third kappa shape index (κ3) is 7.43. The molecule has 3 N–H and O–H groups in total. The monoisotopic (exact) mass is 593 g/mol. The summed E-state index contributed by atoms with van der Waals surface area (Å²) in [6.07, 6.45) is 9.06. The minimum atomic E-state index is -0.585. The molecule has 4 rings (SSSR count). The molecule has 2 amide bonds. The van der Waals surface area contributed by atoms with Crippen molar-refractivity contribution in [2.24, 2.45) is 5.92 Å². The van der Waals surface area contributed by atoms with Gasteiger partial charge in [-0.05, 0) is 66.5 Å². The third-order valence-electron chi connectivity index (χ3n) is 8.63. The van der Waals surface area contributed by atoms with Crippen molar-refractivity contribution in [1.29, 1.82) is 0 Å². The Labute approximate surface area is 255 Å². The number of methoxy groups -OCH3 is 3. The molecule has 2 unspecified atom stereocenters. The number of carbonyl (C=O) groups is 2. The van der Waals surface area contributed by atoms with Crippen molar-refractivity contribution in [3.63, 3.8) is 0 Å². The number of ether oxygens (including phenoxy) is 3. The lowest BCUT2D eigenvalue weighted by Crippen LogP contribution is -2.47. The molecule has 0 radical (unpaired) electrons. The Hall–Kier alpha value is -3.75. The first kappa shape index (κ1) is 32.2. The molecule has 9 heteroatoms. The standard InChI is InChI=1S/C34H47N3O6/c1-20(2)31(34(40)36-23-12-10-8-7-9-11-13-23)37-27-17-15-24-25(19-28(27)39)26(35-21(3)38)16-14-22-18-29(41-4)32(42-5)33(43-6)30(22)24/h15,17-20,23,26,31H,7-14,16H2,1-6H3,(H,35,38)(H,36,40)(H,37,39). The van der Waals surface area contributed by atoms with Gasteiger partial charge in [-0.2, -0.15) is 0 Å². The summed E-state index contributed by atoms with van der Waals surface area (Å²) in [7, 11) is 4.71. The van der Waals surface area contributed by atoms with Crippen molar-refractivity contribution in [2.45, 2.75) is 96.7 Å². The summed E-state index contributed by atoms with van der Waals surface area (Å²) in [6.45, 7) is 5.43. The average Bonchev–Trinajstić information content (AvgIpc) is 3.20. The van der Waals surface area contributed by atoms with Gasteiger partial charge in [-0.1, -0.05) is 52.0 Å². The third-order valence-corrected chi connectivity index (χ3v) is 8.63. The van der Waals surface area contributed by atoms with Crippen LogP contribution in [0.5, 0.6) is 17.2 Å². The van der Waals surface area contributed by atoms with Crippen molar-refractivity contribution >= 4 is 17.5 Å². The Kier molecular flexibility index (Phi) is 10.9. The van der Waals surface area contributed by atoms with Crippen LogP contribution in [-0.2, 0) is 16.0 Å². The highest BCUT2D eigenvalue weighted by Crippen LogP contribution is 2.50. The zero-order chi connectivity index (χ0) is 31.1. The molecule has 1 saturated carbocycles. The molecular formula is C34H47N3O6. The van der Waals surface area contributed by atoms with E-state index in [-0.39, 0.29) is 29.2 Å². The largest absolute Gasteiger partial charge is 0.493 e. The Bertz CT molecular complexity index is 1370. The van der Waals surface area contributed by atoms with Gasteiger partial charge in [0.25, 0.3) is 0 Å². The zero-order valence-corrected chi connectivity index (χ0v) is 26.4. The van der Waals surface area contributed by atoms with E-state index in [0.717, 1.165) is 42.4 Å². The van der Waals surface area contributed by atoms with Crippen LogP contribution >= 0.6 is 0 Å². The molecule has 234 valence electrons. The van der Waals surface area contributed by atoms with Crippen LogP contribution < -0.4 is 35.6 Å². The number of hydrogen-bond donors (Lipinski definition) is 3. The van der Waals surface area contributed by atoms with E-state index < -0.39 is 12.1 Å². The molecule has 0 aliphatic heterocycles. The molecule has 0 aromatic heterocycles. The summed E-state index contributed by atoms with van der Waals surface area (Å²) in [5, 5.41) is 9.58. The fourth-order valence-electron chi connectivity index (χ4n) is 6.42. The van der Waals surface area contributed by atoms with Crippen LogP contribution in [0.15, 0.2) is 29.1 Å². The van der Waals surface area contributed by atoms with Gasteiger partial charge in [0.05, 0.1) is 33.1 Å². The van der Waals surface area contributed by atoms with E-state index >= 15 is 0 Å². The van der Waals surface area contributed by atoms with Gasteiger partial charge in [-0.15, -0.1) is 0 Å². The minimum Gasteiger partial charge on any atom is -0.493 e. The maximum Gasteiger partial charge on any atom is 0.242 e. The molecule has 2 aromatic carbocycles. The molecule has 2 aliphatic rings. The number of aryl methyl sites for hydroxylation is 1. The first-order valence-electron chi connectivity index (χ1n) is 15.5. The second-order valence-corrected chi connectivity index (χ2v) is 12.0. The second kappa shape index (κ2) is 14.6. The number of benzene rings is 1. The number of rotatable bonds is 9. The van der Waals surface area contributed by atoms with Crippen LogP contribution in [0.1, 0.15) is 89.3 Å². The highest BCUT2D eigenvalue weighted by molar-refractivity contribution is 5.86. The van der Waals surface area contributed by atoms with Gasteiger partial charge in [0.1, 0.15) is 6.04 Å². The van der Waals surface area contributed by atoms with Crippen LogP contribution in [-0.4, -0.2) is 45.2 Å². The summed E-state index contributed by atoms with van der Waals surface area (Å²) < 4.78 is 17.2. The fraction of sp³-hybridized carbons (Fsp3) is 0.559. The molecule has 0 bridgehead atoms. The van der Waals surface area contributed by atoms with Crippen molar-refractivity contribution in [3.05, 3.63) is 45.6 Å². The van der Waals surface area contributed by atoms with Crippen LogP contribution in [0.3, 0.4) is 0 Å². The summed E-state index contributed by atoms with van der Waals surface area (Å²) in [5.74, 6) is 1.15. The highest BCUT2D eigenvalue weighted by atomic mass is 16.5. The maximum absolute atomic E-state index is 13.8. The van der Waals surface area contributed by atoms with Gasteiger partial charge in [0, 0.05) is 18.5 Å². The zero-order valence-electron chi connectivity index (χ0n) is 26.4. The van der Waals surface area contributed by atoms with Gasteiger partial charge in [-0.25, -0.2) is 0 Å². The van der Waals surface area contributed by atoms with Gasteiger partial charge in [0.15, 0.2) is 11.5 Å². The number of nitrogens with one attached hydrogen (secondary N) is 3. The SMILES string of the molecule is COc1cc2c(c(OC)c1OC)-c1ccc(NC(C(=O)NC3CCCCCCC3)C(C)C)c(=O)cc1C(NC(C)=O)CC2. The van der Waals surface area contributed by atoms with Crippen LogP contribution in [0.2, 0.25) is 0 Å². The van der Waals surface area contributed by atoms with E-state index in [9.17, 15) is 14.4 Å². The summed E-state index contributed by atoms with van der Waals surface area (Å²) in [6, 6.07) is 6.27. The van der Waals surface area contributed by atoms with Crippen molar-refractivity contribution < 1.29 is 23.8 Å². The Morgan fingerprint density at radius 2 is 1.53 bits per heavy atom. The Balaban J connectivity index is 1.78. The number of fused-ring (bicyclic) bond motifs is 3. The van der Waals surface area contributed by atoms with Crippen molar-refractivity contribution in [1.82, 2.24) is 10.6 Å². The van der Waals surface area contributed by atoms with Gasteiger partial charge < -0.3 is 30.2 Å². The molecule has 0 saturated heterocycles. The maximum atomic E-state index is 13.8. The number of hydrogen-bond acceptors (Lipinski definition) is 7. The molecule has 0 spiro atoms. The molecule has 0 heterocycles. The smallest absolute Gasteiger partial charge is 0.242 e. The van der Waals surface area contributed by atoms with E-state index in [1.165, 1.54) is 26.2 Å². The number of anilines is 1. The first-order chi connectivity index (χ1) is 20.7. The Morgan fingerprint density at radius 3 is 2.14 bits per heavy atom. The van der Waals surface area contributed by atoms with Crippen LogP contribution in [0, 0.1) is 5.92 Å². The number of amides is 2. The van der Waals surface area contributed by atoms with Gasteiger partial charge >= 0.3 is 0 Å². The minimum absolute atomic E-state index is 0.0547. The molecule has 43 heavy (non-hydrogen) atoms. The molecular weight excluding hydrogens is 546 g/mol. The Morgan fingerprint density at radius 1 is 0.860 bits per heavy atom. The summed E-state index contributed by atoms with van der Waals surface area (Å²) in [5.41, 5.74) is 3.22. The van der Waals surface area contributed by atoms with Gasteiger partial charge in [0.2, 0.25) is 23.0 Å². The quantitative estimate of drug-likeness (QED) is 0.350. The molecule has 2 aromatic rings. The van der Waals surface area contributed by atoms with E-state index in [1.54, 1.807) is 33.5 Å². The summed E-state index contributed by atoms with van der Waals surface area (Å²) >= 11 is 0. The van der Waals surface area contributed by atoms with Gasteiger partial charge in [-0.3, -0.25) is 14.4 Å². The highest BCUT2D eigenvalue weighted by Gasteiger charge is 2.30. The fourth-order valence-corrected chi connectivity index (χ4v) is 6.42. The molecule has 2 atom stereocenters. The van der Waals surface area contributed by atoms with Crippen molar-refractivity contribution in [3.8, 4) is 28.4 Å². The van der Waals surface area contributed by atoms with Crippen LogP contribution in [0.4, 0.5) is 5.69 Å². The lowest BCUT2D eigenvalue weighted by atomic mass is 9.95. The average molecular weight is 594 g/mol. The predicted molar refractivity (Wildman–Crippen MR) is 169 cm³/mol. The second-order valence-electron chi connectivity index (χ2n) is 12.0. The molecule has 9 nitrogen and oxygen atoms in total. The van der Waals surface area contributed by atoms with Crippen molar-refractivity contribution in [2.75, 3.05) is 26.6 Å². The topological polar surface area (TPSA) is 115 Å². The number of carbonyl (C=O) groups excluding carboxylic acids is 2. The molecule has 2 aliphatic carbocycles. The van der Waals surface area contributed by atoms with E-state index in [1.807, 2.05) is 26.0 Å². The normalized spacial score (nSPS) is 17.7. The van der Waals surface area contributed by atoms with E-state index in [2.05, 4.69) is 16.0 Å². The summed E-state index contributed by atoms with van der Waals surface area (Å²) in [4.78, 5) is 39.6. The first-order valence-corrected chi connectivity index (χ1v) is 15.5.